The number of methoxy groups -OCH3 is 1. The van der Waals surface area contributed by atoms with E-state index in [0.29, 0.717) is 12.5 Å². The van der Waals surface area contributed by atoms with Gasteiger partial charge in [-0.25, -0.2) is 4.98 Å². The molecule has 3 rings (SSSR count). The van der Waals surface area contributed by atoms with Crippen LogP contribution >= 0.6 is 0 Å². The van der Waals surface area contributed by atoms with E-state index in [2.05, 4.69) is 39.4 Å². The third kappa shape index (κ3) is 4.69. The van der Waals surface area contributed by atoms with Crippen molar-refractivity contribution in [1.82, 2.24) is 15.0 Å². The zero-order valence-corrected chi connectivity index (χ0v) is 15.2. The highest BCUT2D eigenvalue weighted by Crippen LogP contribution is 2.22. The molecule has 0 fully saturated rings. The lowest BCUT2D eigenvalue weighted by Crippen LogP contribution is -2.14. The molecule has 3 aromatic rings. The van der Waals surface area contributed by atoms with Gasteiger partial charge >= 0.3 is 0 Å². The minimum absolute atomic E-state index is 0.241. The lowest BCUT2D eigenvalue weighted by molar-refractivity contribution is 0.414. The maximum absolute atomic E-state index is 5.28. The number of pyridine rings is 1. The molecule has 26 heavy (non-hydrogen) atoms. The third-order valence-corrected chi connectivity index (χ3v) is 3.71. The monoisotopic (exact) mass is 349 g/mol. The number of ether oxygens (including phenoxy) is 1. The highest BCUT2D eigenvalue weighted by Gasteiger charge is 2.08. The Hall–Kier alpha value is -3.15. The van der Waals surface area contributed by atoms with E-state index in [1.54, 1.807) is 19.5 Å². The number of benzene rings is 1. The third-order valence-electron chi connectivity index (χ3n) is 3.71. The van der Waals surface area contributed by atoms with Crippen LogP contribution in [0, 0.1) is 0 Å². The molecule has 0 unspecified atom stereocenters. The molecule has 2 aromatic heterocycles. The second kappa shape index (κ2) is 8.29. The van der Waals surface area contributed by atoms with Gasteiger partial charge in [0, 0.05) is 36.6 Å². The van der Waals surface area contributed by atoms with Gasteiger partial charge in [0.05, 0.1) is 12.8 Å². The molecule has 0 saturated heterocycles. The summed E-state index contributed by atoms with van der Waals surface area (Å²) < 4.78 is 5.28. The smallest absolute Gasteiger partial charge is 0.225 e. The highest BCUT2D eigenvalue weighted by atomic mass is 16.5. The molecule has 0 aliphatic carbocycles. The van der Waals surface area contributed by atoms with E-state index in [1.807, 2.05) is 42.5 Å². The fourth-order valence-corrected chi connectivity index (χ4v) is 2.50. The minimum Gasteiger partial charge on any atom is -0.497 e. The van der Waals surface area contributed by atoms with Gasteiger partial charge in [-0.3, -0.25) is 4.98 Å². The minimum atomic E-state index is 0.241. The Morgan fingerprint density at radius 1 is 1.08 bits per heavy atom. The van der Waals surface area contributed by atoms with Crippen LogP contribution in [-0.2, 0) is 6.54 Å². The summed E-state index contributed by atoms with van der Waals surface area (Å²) in [5.41, 5.74) is 2.89. The van der Waals surface area contributed by atoms with Gasteiger partial charge in [-0.2, -0.15) is 4.98 Å². The summed E-state index contributed by atoms with van der Waals surface area (Å²) in [5, 5.41) is 6.64. The molecule has 0 amide bonds. The maximum atomic E-state index is 5.28. The molecule has 0 aliphatic rings. The van der Waals surface area contributed by atoms with Crippen molar-refractivity contribution < 1.29 is 4.74 Å². The predicted molar refractivity (Wildman–Crippen MR) is 104 cm³/mol. The van der Waals surface area contributed by atoms with Crippen LogP contribution in [-0.4, -0.2) is 28.1 Å². The Labute approximate surface area is 153 Å². The number of rotatable bonds is 7. The van der Waals surface area contributed by atoms with Crippen molar-refractivity contribution in [2.24, 2.45) is 0 Å². The number of hydrogen-bond donors (Lipinski definition) is 2. The topological polar surface area (TPSA) is 72.0 Å². The average molecular weight is 349 g/mol. The Morgan fingerprint density at radius 2 is 1.96 bits per heavy atom. The molecule has 2 N–H and O–H groups in total. The molecule has 1 aromatic carbocycles. The van der Waals surface area contributed by atoms with Gasteiger partial charge in [-0.15, -0.1) is 0 Å². The first kappa shape index (κ1) is 17.7. The summed E-state index contributed by atoms with van der Waals surface area (Å²) >= 11 is 0. The molecule has 6 nitrogen and oxygen atoms in total. The van der Waals surface area contributed by atoms with Gasteiger partial charge in [0.1, 0.15) is 11.6 Å². The summed E-state index contributed by atoms with van der Waals surface area (Å²) in [4.78, 5) is 13.4. The standard InChI is InChI=1S/C20H23N5O/c1-14(2)23-20-24-18(16-7-5-9-21-13-16)11-19(25-20)22-12-15-6-4-8-17(10-15)26-3/h4-11,13-14H,12H2,1-3H3,(H2,22,23,24,25). The van der Waals surface area contributed by atoms with E-state index >= 15 is 0 Å². The molecule has 6 heteroatoms. The predicted octanol–water partition coefficient (Wildman–Crippen LogP) is 3.98. The fraction of sp³-hybridized carbons (Fsp3) is 0.250. The van der Waals surface area contributed by atoms with Crippen LogP contribution in [0.3, 0.4) is 0 Å². The molecule has 0 saturated carbocycles. The second-order valence-corrected chi connectivity index (χ2v) is 6.21. The van der Waals surface area contributed by atoms with E-state index in [4.69, 9.17) is 4.74 Å². The molecule has 2 heterocycles. The lowest BCUT2D eigenvalue weighted by Gasteiger charge is -2.13. The summed E-state index contributed by atoms with van der Waals surface area (Å²) in [7, 11) is 1.67. The Bertz CT molecular complexity index is 852. The van der Waals surface area contributed by atoms with Crippen LogP contribution in [0.15, 0.2) is 54.9 Å². The lowest BCUT2D eigenvalue weighted by atomic mass is 10.2. The first-order valence-electron chi connectivity index (χ1n) is 8.57. The molecule has 0 atom stereocenters. The van der Waals surface area contributed by atoms with Crippen LogP contribution < -0.4 is 15.4 Å². The Morgan fingerprint density at radius 3 is 2.69 bits per heavy atom. The summed E-state index contributed by atoms with van der Waals surface area (Å²) in [6.07, 6.45) is 3.55. The highest BCUT2D eigenvalue weighted by molar-refractivity contribution is 5.63. The van der Waals surface area contributed by atoms with Crippen molar-refractivity contribution in [1.29, 1.82) is 0 Å². The van der Waals surface area contributed by atoms with Crippen LogP contribution in [0.4, 0.5) is 11.8 Å². The average Bonchev–Trinajstić information content (AvgIpc) is 2.66. The Balaban J connectivity index is 1.85. The van der Waals surface area contributed by atoms with Gasteiger partial charge < -0.3 is 15.4 Å². The summed E-state index contributed by atoms with van der Waals surface area (Å²) in [6, 6.07) is 14.0. The number of hydrogen-bond acceptors (Lipinski definition) is 6. The number of anilines is 2. The summed E-state index contributed by atoms with van der Waals surface area (Å²) in [6.45, 7) is 4.76. The van der Waals surface area contributed by atoms with E-state index in [1.165, 1.54) is 0 Å². The molecule has 0 bridgehead atoms. The summed E-state index contributed by atoms with van der Waals surface area (Å²) in [5.74, 6) is 2.18. The van der Waals surface area contributed by atoms with Crippen LogP contribution in [0.2, 0.25) is 0 Å². The van der Waals surface area contributed by atoms with E-state index in [0.717, 1.165) is 28.4 Å². The fourth-order valence-electron chi connectivity index (χ4n) is 2.50. The number of nitrogens with one attached hydrogen (secondary N) is 2. The maximum Gasteiger partial charge on any atom is 0.225 e. The SMILES string of the molecule is COc1cccc(CNc2cc(-c3cccnc3)nc(NC(C)C)n2)c1. The van der Waals surface area contributed by atoms with Gasteiger partial charge in [-0.05, 0) is 43.7 Å². The second-order valence-electron chi connectivity index (χ2n) is 6.21. The first-order chi connectivity index (χ1) is 12.6. The zero-order valence-electron chi connectivity index (χ0n) is 15.2. The zero-order chi connectivity index (χ0) is 18.4. The van der Waals surface area contributed by atoms with Gasteiger partial charge in [0.25, 0.3) is 0 Å². The molecule has 134 valence electrons. The van der Waals surface area contributed by atoms with Crippen molar-refractivity contribution in [3.05, 3.63) is 60.4 Å². The van der Waals surface area contributed by atoms with Crippen molar-refractivity contribution in [2.75, 3.05) is 17.7 Å². The molecule has 0 radical (unpaired) electrons. The molecule has 0 aliphatic heterocycles. The number of nitrogens with zero attached hydrogens (tertiary/aromatic N) is 3. The van der Waals surface area contributed by atoms with Crippen LogP contribution in [0.5, 0.6) is 5.75 Å². The van der Waals surface area contributed by atoms with E-state index in [9.17, 15) is 0 Å². The molecule has 0 spiro atoms. The number of aromatic nitrogens is 3. The van der Waals surface area contributed by atoms with Crippen LogP contribution in [0.25, 0.3) is 11.3 Å². The quantitative estimate of drug-likeness (QED) is 0.672. The van der Waals surface area contributed by atoms with Crippen molar-refractivity contribution >= 4 is 11.8 Å². The van der Waals surface area contributed by atoms with E-state index in [-0.39, 0.29) is 6.04 Å². The van der Waals surface area contributed by atoms with Gasteiger partial charge in [0.2, 0.25) is 5.95 Å². The normalized spacial score (nSPS) is 10.6. The van der Waals surface area contributed by atoms with Crippen molar-refractivity contribution in [2.45, 2.75) is 26.4 Å². The first-order valence-corrected chi connectivity index (χ1v) is 8.57. The largest absolute Gasteiger partial charge is 0.497 e. The van der Waals surface area contributed by atoms with Gasteiger partial charge in [-0.1, -0.05) is 12.1 Å². The Kier molecular flexibility index (Phi) is 5.63. The van der Waals surface area contributed by atoms with Crippen molar-refractivity contribution in [3.8, 4) is 17.0 Å². The molecular formula is C20H23N5O. The van der Waals surface area contributed by atoms with E-state index < -0.39 is 0 Å². The van der Waals surface area contributed by atoms with Crippen molar-refractivity contribution in [3.63, 3.8) is 0 Å². The van der Waals surface area contributed by atoms with Gasteiger partial charge in [0.15, 0.2) is 0 Å². The molecular weight excluding hydrogens is 326 g/mol. The van der Waals surface area contributed by atoms with Crippen LogP contribution in [0.1, 0.15) is 19.4 Å².